The number of anilines is 1. The molecule has 2 heterocycles. The second-order valence-electron chi connectivity index (χ2n) is 7.08. The number of aromatic nitrogens is 2. The van der Waals surface area contributed by atoms with Crippen molar-refractivity contribution in [2.24, 2.45) is 0 Å². The summed E-state index contributed by atoms with van der Waals surface area (Å²) in [5.74, 6) is -0.191. The Morgan fingerprint density at radius 2 is 2.00 bits per heavy atom. The van der Waals surface area contributed by atoms with Gasteiger partial charge in [0.25, 0.3) is 0 Å². The van der Waals surface area contributed by atoms with Crippen LogP contribution in [0.5, 0.6) is 5.75 Å². The van der Waals surface area contributed by atoms with E-state index < -0.39 is 6.36 Å². The summed E-state index contributed by atoms with van der Waals surface area (Å²) in [6, 6.07) is 12.6. The van der Waals surface area contributed by atoms with Gasteiger partial charge in [0.2, 0.25) is 0 Å². The second-order valence-corrected chi connectivity index (χ2v) is 7.08. The van der Waals surface area contributed by atoms with Crippen LogP contribution in [0.3, 0.4) is 0 Å². The maximum Gasteiger partial charge on any atom is 0.573 e. The molecule has 0 aliphatic carbocycles. The van der Waals surface area contributed by atoms with Gasteiger partial charge in [-0.2, -0.15) is 5.10 Å². The number of likely N-dealkylation sites (tertiary alicyclic amines) is 1. The first kappa shape index (κ1) is 18.6. The Morgan fingerprint density at radius 1 is 1.18 bits per heavy atom. The van der Waals surface area contributed by atoms with Gasteiger partial charge in [0.05, 0.1) is 11.7 Å². The molecule has 1 unspecified atom stereocenters. The number of nitrogens with zero attached hydrogens (tertiary/aromatic N) is 2. The van der Waals surface area contributed by atoms with Gasteiger partial charge in [0, 0.05) is 30.2 Å². The van der Waals surface area contributed by atoms with E-state index in [2.05, 4.69) is 31.2 Å². The zero-order valence-electron chi connectivity index (χ0n) is 15.2. The van der Waals surface area contributed by atoms with Crippen molar-refractivity contribution in [3.05, 3.63) is 54.2 Å². The third-order valence-electron chi connectivity index (χ3n) is 4.88. The van der Waals surface area contributed by atoms with Gasteiger partial charge in [0.1, 0.15) is 5.75 Å². The van der Waals surface area contributed by atoms with Crippen LogP contribution in [0.25, 0.3) is 10.9 Å². The van der Waals surface area contributed by atoms with Crippen LogP contribution < -0.4 is 10.1 Å². The van der Waals surface area contributed by atoms with Gasteiger partial charge in [-0.3, -0.25) is 10.00 Å². The van der Waals surface area contributed by atoms with E-state index in [9.17, 15) is 13.2 Å². The van der Waals surface area contributed by atoms with Gasteiger partial charge in [-0.1, -0.05) is 12.1 Å². The van der Waals surface area contributed by atoms with E-state index in [0.29, 0.717) is 12.6 Å². The fraction of sp³-hybridized carbons (Fsp3) is 0.350. The van der Waals surface area contributed by atoms with Crippen LogP contribution >= 0.6 is 0 Å². The first-order valence-electron chi connectivity index (χ1n) is 9.21. The molecular weight excluding hydrogens is 369 g/mol. The number of alkyl halides is 3. The molecule has 3 aromatic rings. The highest BCUT2D eigenvalue weighted by Gasteiger charge is 2.31. The highest BCUT2D eigenvalue weighted by Crippen LogP contribution is 2.24. The molecule has 2 aromatic carbocycles. The quantitative estimate of drug-likeness (QED) is 0.672. The predicted octanol–water partition coefficient (Wildman–Crippen LogP) is 4.54. The Kier molecular flexibility index (Phi) is 5.13. The fourth-order valence-corrected chi connectivity index (χ4v) is 3.64. The molecule has 0 saturated carbocycles. The number of ether oxygens (including phenoxy) is 1. The summed E-state index contributed by atoms with van der Waals surface area (Å²) in [6.45, 7) is 2.55. The van der Waals surface area contributed by atoms with E-state index in [1.165, 1.54) is 12.1 Å². The predicted molar refractivity (Wildman–Crippen MR) is 101 cm³/mol. The Hall–Kier alpha value is -2.74. The summed E-state index contributed by atoms with van der Waals surface area (Å²) >= 11 is 0. The van der Waals surface area contributed by atoms with Crippen LogP contribution in [0, 0.1) is 0 Å². The highest BCUT2D eigenvalue weighted by molar-refractivity contribution is 5.81. The summed E-state index contributed by atoms with van der Waals surface area (Å²) in [5, 5.41) is 11.6. The van der Waals surface area contributed by atoms with Gasteiger partial charge < -0.3 is 10.1 Å². The minimum absolute atomic E-state index is 0.191. The Bertz CT molecular complexity index is 923. The zero-order valence-corrected chi connectivity index (χ0v) is 15.2. The Balaban J connectivity index is 1.34. The van der Waals surface area contributed by atoms with Crippen LogP contribution in [-0.4, -0.2) is 40.6 Å². The Labute approximate surface area is 160 Å². The average molecular weight is 390 g/mol. The van der Waals surface area contributed by atoms with Crippen LogP contribution in [0.1, 0.15) is 18.4 Å². The Morgan fingerprint density at radius 3 is 2.79 bits per heavy atom. The number of fused-ring (bicyclic) bond motifs is 1. The molecule has 28 heavy (non-hydrogen) atoms. The van der Waals surface area contributed by atoms with Crippen molar-refractivity contribution in [1.29, 1.82) is 0 Å². The maximum absolute atomic E-state index is 12.3. The number of halogens is 3. The lowest BCUT2D eigenvalue weighted by Crippen LogP contribution is -2.41. The molecule has 1 atom stereocenters. The largest absolute Gasteiger partial charge is 0.573 e. The van der Waals surface area contributed by atoms with Crippen LogP contribution in [0.15, 0.2) is 48.7 Å². The molecule has 5 nitrogen and oxygen atoms in total. The number of hydrogen-bond donors (Lipinski definition) is 2. The molecule has 2 N–H and O–H groups in total. The molecule has 1 saturated heterocycles. The van der Waals surface area contributed by atoms with E-state index >= 15 is 0 Å². The summed E-state index contributed by atoms with van der Waals surface area (Å²) in [4.78, 5) is 2.32. The fourth-order valence-electron chi connectivity index (χ4n) is 3.64. The molecule has 4 rings (SSSR count). The first-order chi connectivity index (χ1) is 13.4. The van der Waals surface area contributed by atoms with Gasteiger partial charge in [0.15, 0.2) is 0 Å². The number of hydrogen-bond acceptors (Lipinski definition) is 4. The monoisotopic (exact) mass is 390 g/mol. The van der Waals surface area contributed by atoms with Crippen molar-refractivity contribution in [2.75, 3.05) is 18.4 Å². The number of aromatic amines is 1. The number of rotatable bonds is 5. The van der Waals surface area contributed by atoms with Gasteiger partial charge in [-0.15, -0.1) is 13.2 Å². The molecule has 1 aromatic heterocycles. The van der Waals surface area contributed by atoms with Crippen molar-refractivity contribution < 1.29 is 17.9 Å². The van der Waals surface area contributed by atoms with Gasteiger partial charge >= 0.3 is 6.36 Å². The van der Waals surface area contributed by atoms with Gasteiger partial charge in [-0.25, -0.2) is 0 Å². The van der Waals surface area contributed by atoms with Crippen LogP contribution in [-0.2, 0) is 6.54 Å². The average Bonchev–Trinajstić information content (AvgIpc) is 3.10. The number of H-pyrrole nitrogens is 1. The number of nitrogens with one attached hydrogen (secondary N) is 2. The summed E-state index contributed by atoms with van der Waals surface area (Å²) < 4.78 is 40.7. The number of benzene rings is 2. The highest BCUT2D eigenvalue weighted by atomic mass is 19.4. The molecule has 1 fully saturated rings. The third-order valence-corrected chi connectivity index (χ3v) is 4.88. The standard InChI is InChI=1S/C20H21F3N4O/c21-20(22,23)28-18-6-3-14(4-7-18)12-27-9-1-2-17(13-27)25-16-5-8-19-15(10-16)11-24-26-19/h3-8,10-11,17,25H,1-2,9,12-13H2,(H,24,26). The summed E-state index contributed by atoms with van der Waals surface area (Å²) in [5.41, 5.74) is 3.04. The van der Waals surface area contributed by atoms with Gasteiger partial charge in [-0.05, 0) is 55.3 Å². The molecular formula is C20H21F3N4O. The van der Waals surface area contributed by atoms with E-state index in [1.54, 1.807) is 18.3 Å². The van der Waals surface area contributed by atoms with E-state index in [4.69, 9.17) is 0 Å². The van der Waals surface area contributed by atoms with Crippen LogP contribution in [0.4, 0.5) is 18.9 Å². The van der Waals surface area contributed by atoms with Crippen molar-refractivity contribution >= 4 is 16.6 Å². The number of piperidine rings is 1. The van der Waals surface area contributed by atoms with E-state index in [0.717, 1.165) is 48.1 Å². The lowest BCUT2D eigenvalue weighted by Gasteiger charge is -2.33. The summed E-state index contributed by atoms with van der Waals surface area (Å²) in [7, 11) is 0. The minimum Gasteiger partial charge on any atom is -0.406 e. The maximum atomic E-state index is 12.3. The lowest BCUT2D eigenvalue weighted by atomic mass is 10.0. The smallest absolute Gasteiger partial charge is 0.406 e. The molecule has 0 amide bonds. The molecule has 1 aliphatic rings. The zero-order chi connectivity index (χ0) is 19.6. The molecule has 0 spiro atoms. The molecule has 148 valence electrons. The van der Waals surface area contributed by atoms with E-state index in [-0.39, 0.29) is 5.75 Å². The molecule has 1 aliphatic heterocycles. The molecule has 8 heteroatoms. The van der Waals surface area contributed by atoms with Crippen molar-refractivity contribution in [3.8, 4) is 5.75 Å². The summed E-state index contributed by atoms with van der Waals surface area (Å²) in [6.07, 6.45) is -0.703. The van der Waals surface area contributed by atoms with Crippen molar-refractivity contribution in [1.82, 2.24) is 15.1 Å². The normalized spacial score (nSPS) is 18.3. The first-order valence-corrected chi connectivity index (χ1v) is 9.21. The van der Waals surface area contributed by atoms with E-state index in [1.807, 2.05) is 12.1 Å². The molecule has 0 radical (unpaired) electrons. The minimum atomic E-state index is -4.66. The lowest BCUT2D eigenvalue weighted by molar-refractivity contribution is -0.274. The second kappa shape index (κ2) is 7.71. The van der Waals surface area contributed by atoms with Crippen LogP contribution in [0.2, 0.25) is 0 Å². The third kappa shape index (κ3) is 4.75. The van der Waals surface area contributed by atoms with Crippen molar-refractivity contribution in [3.63, 3.8) is 0 Å². The SMILES string of the molecule is FC(F)(F)Oc1ccc(CN2CCCC(Nc3ccc4[nH]ncc4c3)C2)cc1. The topological polar surface area (TPSA) is 53.2 Å². The van der Waals surface area contributed by atoms with Crippen molar-refractivity contribution in [2.45, 2.75) is 31.8 Å². The molecule has 0 bridgehead atoms.